The van der Waals surface area contributed by atoms with Crippen molar-refractivity contribution in [3.05, 3.63) is 39.6 Å². The number of aromatic carboxylic acids is 1. The third-order valence-electron chi connectivity index (χ3n) is 3.36. The molecule has 0 saturated heterocycles. The van der Waals surface area contributed by atoms with Crippen molar-refractivity contribution in [2.75, 3.05) is 0 Å². The number of aromatic nitrogens is 2. The van der Waals surface area contributed by atoms with Crippen LogP contribution >= 0.6 is 0 Å². The van der Waals surface area contributed by atoms with E-state index in [1.807, 2.05) is 0 Å². The molecule has 2 rings (SSSR count). The Balaban J connectivity index is 2.55. The highest BCUT2D eigenvalue weighted by atomic mass is 16.6. The van der Waals surface area contributed by atoms with E-state index in [1.165, 1.54) is 12.3 Å². The number of carboxylic acid groups (broad SMARTS) is 1. The number of hydrogen-bond donors (Lipinski definition) is 1. The Morgan fingerprint density at radius 2 is 1.96 bits per heavy atom. The van der Waals surface area contributed by atoms with Crippen LogP contribution < -0.4 is 5.56 Å². The largest absolute Gasteiger partial charge is 0.477 e. The molecule has 0 saturated carbocycles. The second-order valence-corrected chi connectivity index (χ2v) is 6.67. The van der Waals surface area contributed by atoms with Crippen molar-refractivity contribution < 1.29 is 24.0 Å². The molecule has 2 aromatic heterocycles. The van der Waals surface area contributed by atoms with Crippen molar-refractivity contribution in [2.24, 2.45) is 0 Å². The van der Waals surface area contributed by atoms with E-state index in [9.17, 15) is 19.5 Å². The van der Waals surface area contributed by atoms with Gasteiger partial charge in [-0.3, -0.25) is 9.59 Å². The van der Waals surface area contributed by atoms with E-state index in [2.05, 4.69) is 5.16 Å². The number of carboxylic acids is 1. The normalized spacial score (nSPS) is 11.4. The first-order valence-electron chi connectivity index (χ1n) is 7.62. The number of hydrogen-bond acceptors (Lipinski definition) is 6. The van der Waals surface area contributed by atoms with E-state index in [1.54, 1.807) is 34.6 Å². The zero-order chi connectivity index (χ0) is 18.9. The quantitative estimate of drug-likeness (QED) is 0.843. The van der Waals surface area contributed by atoms with E-state index in [0.29, 0.717) is 22.6 Å². The molecule has 1 N–H and O–H groups in total. The van der Waals surface area contributed by atoms with Gasteiger partial charge in [0, 0.05) is 17.3 Å². The fourth-order valence-electron chi connectivity index (χ4n) is 2.45. The Hall–Kier alpha value is -2.90. The topological polar surface area (TPSA) is 112 Å². The van der Waals surface area contributed by atoms with Crippen LogP contribution in [0.2, 0.25) is 0 Å². The third kappa shape index (κ3) is 4.14. The van der Waals surface area contributed by atoms with Crippen LogP contribution in [-0.4, -0.2) is 32.4 Å². The molecule has 0 spiro atoms. The maximum Gasteiger partial charge on any atom is 0.341 e. The highest BCUT2D eigenvalue weighted by molar-refractivity contribution is 5.89. The summed E-state index contributed by atoms with van der Waals surface area (Å²) in [7, 11) is 0. The van der Waals surface area contributed by atoms with E-state index in [4.69, 9.17) is 9.26 Å². The van der Waals surface area contributed by atoms with E-state index in [0.717, 1.165) is 4.57 Å². The van der Waals surface area contributed by atoms with Gasteiger partial charge in [-0.05, 0) is 40.7 Å². The van der Waals surface area contributed by atoms with Gasteiger partial charge in [-0.2, -0.15) is 0 Å². The average Bonchev–Trinajstić information content (AvgIpc) is 2.78. The van der Waals surface area contributed by atoms with Crippen LogP contribution in [0.25, 0.3) is 11.1 Å². The maximum absolute atomic E-state index is 12.3. The van der Waals surface area contributed by atoms with Crippen LogP contribution in [0.1, 0.15) is 42.6 Å². The van der Waals surface area contributed by atoms with Crippen molar-refractivity contribution in [3.8, 4) is 11.1 Å². The van der Waals surface area contributed by atoms with Crippen molar-refractivity contribution in [2.45, 2.75) is 46.8 Å². The van der Waals surface area contributed by atoms with Crippen LogP contribution in [0, 0.1) is 13.8 Å². The molecule has 0 fully saturated rings. The minimum atomic E-state index is -1.38. The summed E-state index contributed by atoms with van der Waals surface area (Å²) in [5.41, 5.74) is -0.376. The molecule has 134 valence electrons. The van der Waals surface area contributed by atoms with Crippen LogP contribution in [0.15, 0.2) is 21.6 Å². The Bertz CT molecular complexity index is 866. The molecule has 2 heterocycles. The number of aryl methyl sites for hydroxylation is 2. The van der Waals surface area contributed by atoms with Gasteiger partial charge in [-0.15, -0.1) is 0 Å². The van der Waals surface area contributed by atoms with Gasteiger partial charge in [0.2, 0.25) is 0 Å². The van der Waals surface area contributed by atoms with E-state index < -0.39 is 35.2 Å². The minimum absolute atomic E-state index is 0.395. The van der Waals surface area contributed by atoms with Crippen molar-refractivity contribution in [1.29, 1.82) is 0 Å². The second kappa shape index (κ2) is 6.54. The number of nitrogens with zero attached hydrogens (tertiary/aromatic N) is 2. The molecule has 0 unspecified atom stereocenters. The first-order chi connectivity index (χ1) is 11.5. The van der Waals surface area contributed by atoms with E-state index >= 15 is 0 Å². The molecule has 8 nitrogen and oxygen atoms in total. The Morgan fingerprint density at radius 3 is 2.44 bits per heavy atom. The minimum Gasteiger partial charge on any atom is -0.477 e. The second-order valence-electron chi connectivity index (χ2n) is 6.67. The molecule has 0 aromatic carbocycles. The fourth-order valence-corrected chi connectivity index (χ4v) is 2.45. The SMILES string of the molecule is Cc1noc(C)c1-c1cc(C(=O)O)c(=O)n(CC(=O)OC(C)(C)C)c1. The summed E-state index contributed by atoms with van der Waals surface area (Å²) in [5.74, 6) is -1.53. The summed E-state index contributed by atoms with van der Waals surface area (Å²) < 4.78 is 11.3. The zero-order valence-electron chi connectivity index (χ0n) is 14.7. The molecule has 0 bridgehead atoms. The number of carbonyl (C=O) groups is 2. The maximum atomic E-state index is 12.3. The average molecular weight is 348 g/mol. The molecule has 0 aliphatic heterocycles. The molecule has 0 aliphatic rings. The summed E-state index contributed by atoms with van der Waals surface area (Å²) in [6, 6.07) is 1.25. The number of pyridine rings is 1. The Labute approximate surface area is 144 Å². The molecule has 8 heteroatoms. The Kier molecular flexibility index (Phi) is 4.82. The lowest BCUT2D eigenvalue weighted by atomic mass is 10.0. The summed E-state index contributed by atoms with van der Waals surface area (Å²) in [5, 5.41) is 13.1. The van der Waals surface area contributed by atoms with Gasteiger partial charge < -0.3 is 18.9 Å². The van der Waals surface area contributed by atoms with Gasteiger partial charge >= 0.3 is 11.9 Å². The van der Waals surface area contributed by atoms with Crippen LogP contribution in [0.5, 0.6) is 0 Å². The van der Waals surface area contributed by atoms with Crippen molar-refractivity contribution in [1.82, 2.24) is 9.72 Å². The lowest BCUT2D eigenvalue weighted by Crippen LogP contribution is -2.32. The molecule has 25 heavy (non-hydrogen) atoms. The molecule has 0 amide bonds. The predicted octanol–water partition coefficient (Wildman–Crippen LogP) is 2.16. The van der Waals surface area contributed by atoms with Crippen molar-refractivity contribution in [3.63, 3.8) is 0 Å². The summed E-state index contributed by atoms with van der Waals surface area (Å²) in [4.78, 5) is 35.8. The molecule has 0 atom stereocenters. The van der Waals surface area contributed by atoms with Gasteiger partial charge in [0.05, 0.1) is 5.69 Å². The lowest BCUT2D eigenvalue weighted by Gasteiger charge is -2.20. The highest BCUT2D eigenvalue weighted by Crippen LogP contribution is 2.26. The standard InChI is InChI=1S/C17H20N2O6/c1-9-14(10(2)25-18-9)11-6-12(16(22)23)15(21)19(7-11)8-13(20)24-17(3,4)5/h6-7H,8H2,1-5H3,(H,22,23). The summed E-state index contributed by atoms with van der Waals surface area (Å²) >= 11 is 0. The van der Waals surface area contributed by atoms with Crippen molar-refractivity contribution >= 4 is 11.9 Å². The number of carbonyl (C=O) groups excluding carboxylic acids is 1. The first-order valence-corrected chi connectivity index (χ1v) is 7.62. The summed E-state index contributed by atoms with van der Waals surface area (Å²) in [6.07, 6.45) is 1.41. The molecule has 0 radical (unpaired) electrons. The van der Waals surface area contributed by atoms with E-state index in [-0.39, 0.29) is 0 Å². The summed E-state index contributed by atoms with van der Waals surface area (Å²) in [6.45, 7) is 8.10. The van der Waals surface area contributed by atoms with Gasteiger partial charge in [-0.1, -0.05) is 5.16 Å². The lowest BCUT2D eigenvalue weighted by molar-refractivity contribution is -0.155. The van der Waals surface area contributed by atoms with Crippen LogP contribution in [0.3, 0.4) is 0 Å². The van der Waals surface area contributed by atoms with Crippen LogP contribution in [-0.2, 0) is 16.1 Å². The van der Waals surface area contributed by atoms with Crippen LogP contribution in [0.4, 0.5) is 0 Å². The Morgan fingerprint density at radius 1 is 1.32 bits per heavy atom. The van der Waals surface area contributed by atoms with Gasteiger partial charge in [0.25, 0.3) is 5.56 Å². The molecule has 0 aliphatic carbocycles. The number of ether oxygens (including phenoxy) is 1. The monoisotopic (exact) mass is 348 g/mol. The van der Waals surface area contributed by atoms with Gasteiger partial charge in [0.15, 0.2) is 0 Å². The zero-order valence-corrected chi connectivity index (χ0v) is 14.7. The molecular formula is C17H20N2O6. The smallest absolute Gasteiger partial charge is 0.341 e. The highest BCUT2D eigenvalue weighted by Gasteiger charge is 2.21. The van der Waals surface area contributed by atoms with Gasteiger partial charge in [0.1, 0.15) is 23.5 Å². The predicted molar refractivity (Wildman–Crippen MR) is 88.5 cm³/mol. The number of esters is 1. The molecular weight excluding hydrogens is 328 g/mol. The molecule has 2 aromatic rings. The third-order valence-corrected chi connectivity index (χ3v) is 3.36. The fraction of sp³-hybridized carbons (Fsp3) is 0.412. The first kappa shape index (κ1) is 18.4. The van der Waals surface area contributed by atoms with Gasteiger partial charge in [-0.25, -0.2) is 4.79 Å². The number of rotatable bonds is 4.